The second-order valence-corrected chi connectivity index (χ2v) is 5.91. The third-order valence-electron chi connectivity index (χ3n) is 3.66. The van der Waals surface area contributed by atoms with Gasteiger partial charge in [0.25, 0.3) is 0 Å². The SMILES string of the molecule is COc1ccccc1CCNC(=O)NCCOc1ccc(Cl)c(C)c1. The fourth-order valence-corrected chi connectivity index (χ4v) is 2.44. The summed E-state index contributed by atoms with van der Waals surface area (Å²) in [5, 5.41) is 6.29. The largest absolute Gasteiger partial charge is 0.496 e. The summed E-state index contributed by atoms with van der Waals surface area (Å²) in [6.07, 6.45) is 0.706. The number of rotatable bonds is 8. The predicted molar refractivity (Wildman–Crippen MR) is 99.8 cm³/mol. The van der Waals surface area contributed by atoms with Crippen LogP contribution in [0.3, 0.4) is 0 Å². The monoisotopic (exact) mass is 362 g/mol. The maximum atomic E-state index is 11.8. The quantitative estimate of drug-likeness (QED) is 0.706. The van der Waals surface area contributed by atoms with E-state index in [1.165, 1.54) is 0 Å². The molecule has 0 heterocycles. The van der Waals surface area contributed by atoms with Gasteiger partial charge in [-0.3, -0.25) is 0 Å². The number of methoxy groups -OCH3 is 1. The Bertz CT molecular complexity index is 707. The summed E-state index contributed by atoms with van der Waals surface area (Å²) in [7, 11) is 1.64. The van der Waals surface area contributed by atoms with Crippen LogP contribution in [-0.2, 0) is 6.42 Å². The van der Waals surface area contributed by atoms with Gasteiger partial charge >= 0.3 is 6.03 Å². The van der Waals surface area contributed by atoms with Crippen molar-refractivity contribution in [3.05, 3.63) is 58.6 Å². The maximum absolute atomic E-state index is 11.8. The summed E-state index contributed by atoms with van der Waals surface area (Å²) in [4.78, 5) is 11.8. The molecule has 0 spiro atoms. The molecule has 0 bridgehead atoms. The van der Waals surface area contributed by atoms with Gasteiger partial charge in [0, 0.05) is 11.6 Å². The Hall–Kier alpha value is -2.40. The van der Waals surface area contributed by atoms with E-state index in [0.717, 1.165) is 22.6 Å². The van der Waals surface area contributed by atoms with E-state index in [1.54, 1.807) is 13.2 Å². The molecule has 2 amide bonds. The van der Waals surface area contributed by atoms with Crippen molar-refractivity contribution in [2.24, 2.45) is 0 Å². The molecule has 5 nitrogen and oxygen atoms in total. The Balaban J connectivity index is 1.63. The molecule has 0 aromatic heterocycles. The second-order valence-electron chi connectivity index (χ2n) is 5.50. The third-order valence-corrected chi connectivity index (χ3v) is 4.08. The van der Waals surface area contributed by atoms with Crippen molar-refractivity contribution in [2.75, 3.05) is 26.8 Å². The predicted octanol–water partition coefficient (Wildman–Crippen LogP) is 3.58. The molecule has 0 fully saturated rings. The minimum atomic E-state index is -0.217. The van der Waals surface area contributed by atoms with Crippen LogP contribution in [0.4, 0.5) is 4.79 Å². The number of carbonyl (C=O) groups is 1. The summed E-state index contributed by atoms with van der Waals surface area (Å²) in [5.41, 5.74) is 2.02. The first-order valence-electron chi connectivity index (χ1n) is 8.12. The van der Waals surface area contributed by atoms with Gasteiger partial charge in [0.15, 0.2) is 0 Å². The van der Waals surface area contributed by atoms with Crippen molar-refractivity contribution in [2.45, 2.75) is 13.3 Å². The Kier molecular flexibility index (Phi) is 7.41. The molecule has 0 aliphatic carbocycles. The van der Waals surface area contributed by atoms with Crippen LogP contribution in [0.25, 0.3) is 0 Å². The van der Waals surface area contributed by atoms with E-state index in [1.807, 2.05) is 43.3 Å². The molecule has 0 aliphatic rings. The number of hydrogen-bond acceptors (Lipinski definition) is 3. The van der Waals surface area contributed by atoms with Crippen molar-refractivity contribution < 1.29 is 14.3 Å². The van der Waals surface area contributed by atoms with Gasteiger partial charge in [-0.1, -0.05) is 29.8 Å². The highest BCUT2D eigenvalue weighted by molar-refractivity contribution is 6.31. The van der Waals surface area contributed by atoms with E-state index in [0.29, 0.717) is 31.1 Å². The Morgan fingerprint density at radius 1 is 1.12 bits per heavy atom. The fraction of sp³-hybridized carbons (Fsp3) is 0.316. The average Bonchev–Trinajstić information content (AvgIpc) is 2.62. The molecule has 25 heavy (non-hydrogen) atoms. The molecule has 0 radical (unpaired) electrons. The number of carbonyl (C=O) groups excluding carboxylic acids is 1. The van der Waals surface area contributed by atoms with Gasteiger partial charge in [-0.2, -0.15) is 0 Å². The van der Waals surface area contributed by atoms with E-state index in [9.17, 15) is 4.79 Å². The number of para-hydroxylation sites is 1. The maximum Gasteiger partial charge on any atom is 0.314 e. The number of urea groups is 1. The van der Waals surface area contributed by atoms with Crippen LogP contribution in [0.5, 0.6) is 11.5 Å². The molecule has 0 aliphatic heterocycles. The molecule has 0 atom stereocenters. The zero-order chi connectivity index (χ0) is 18.1. The van der Waals surface area contributed by atoms with E-state index in [-0.39, 0.29) is 6.03 Å². The number of halogens is 1. The van der Waals surface area contributed by atoms with Gasteiger partial charge in [-0.25, -0.2) is 4.79 Å². The van der Waals surface area contributed by atoms with Gasteiger partial charge in [-0.15, -0.1) is 0 Å². The van der Waals surface area contributed by atoms with Crippen LogP contribution < -0.4 is 20.1 Å². The lowest BCUT2D eigenvalue weighted by atomic mass is 10.1. The lowest BCUT2D eigenvalue weighted by Crippen LogP contribution is -2.38. The van der Waals surface area contributed by atoms with Gasteiger partial charge < -0.3 is 20.1 Å². The molecule has 0 unspecified atom stereocenters. The first-order valence-corrected chi connectivity index (χ1v) is 8.50. The average molecular weight is 363 g/mol. The van der Waals surface area contributed by atoms with Crippen LogP contribution >= 0.6 is 11.6 Å². The summed E-state index contributed by atoms with van der Waals surface area (Å²) in [5.74, 6) is 1.57. The lowest BCUT2D eigenvalue weighted by Gasteiger charge is -2.11. The first kappa shape index (κ1) is 18.9. The van der Waals surface area contributed by atoms with Crippen LogP contribution in [0.2, 0.25) is 5.02 Å². The topological polar surface area (TPSA) is 59.6 Å². The van der Waals surface area contributed by atoms with Gasteiger partial charge in [-0.05, 0) is 48.7 Å². The van der Waals surface area contributed by atoms with Crippen molar-refractivity contribution in [1.82, 2.24) is 10.6 Å². The van der Waals surface area contributed by atoms with Crippen LogP contribution in [0, 0.1) is 6.92 Å². The Morgan fingerprint density at radius 2 is 1.88 bits per heavy atom. The highest BCUT2D eigenvalue weighted by Crippen LogP contribution is 2.20. The van der Waals surface area contributed by atoms with Crippen molar-refractivity contribution in [3.8, 4) is 11.5 Å². The van der Waals surface area contributed by atoms with Crippen molar-refractivity contribution in [1.29, 1.82) is 0 Å². The normalized spacial score (nSPS) is 10.2. The fourth-order valence-electron chi connectivity index (χ4n) is 2.32. The molecule has 0 saturated heterocycles. The molecule has 2 N–H and O–H groups in total. The van der Waals surface area contributed by atoms with Gasteiger partial charge in [0.05, 0.1) is 13.7 Å². The molecule has 2 aromatic rings. The van der Waals surface area contributed by atoms with E-state index < -0.39 is 0 Å². The summed E-state index contributed by atoms with van der Waals surface area (Å²) in [6, 6.07) is 13.0. The minimum Gasteiger partial charge on any atom is -0.496 e. The lowest BCUT2D eigenvalue weighted by molar-refractivity contribution is 0.236. The molecule has 134 valence electrons. The van der Waals surface area contributed by atoms with Crippen molar-refractivity contribution >= 4 is 17.6 Å². The smallest absolute Gasteiger partial charge is 0.314 e. The number of nitrogens with one attached hydrogen (secondary N) is 2. The number of aryl methyl sites for hydroxylation is 1. The van der Waals surface area contributed by atoms with E-state index in [2.05, 4.69) is 10.6 Å². The first-order chi connectivity index (χ1) is 12.1. The Labute approximate surface area is 153 Å². The van der Waals surface area contributed by atoms with E-state index >= 15 is 0 Å². The van der Waals surface area contributed by atoms with Crippen LogP contribution in [0.15, 0.2) is 42.5 Å². The highest BCUT2D eigenvalue weighted by atomic mass is 35.5. The summed E-state index contributed by atoms with van der Waals surface area (Å²) >= 11 is 5.97. The zero-order valence-electron chi connectivity index (χ0n) is 14.5. The molecule has 2 rings (SSSR count). The van der Waals surface area contributed by atoms with Gasteiger partial charge in [0.2, 0.25) is 0 Å². The Morgan fingerprint density at radius 3 is 2.64 bits per heavy atom. The molecule has 0 saturated carbocycles. The van der Waals surface area contributed by atoms with Crippen LogP contribution in [-0.4, -0.2) is 32.8 Å². The molecular weight excluding hydrogens is 340 g/mol. The third kappa shape index (κ3) is 6.19. The number of amides is 2. The number of ether oxygens (including phenoxy) is 2. The molecule has 2 aromatic carbocycles. The molecule has 6 heteroatoms. The zero-order valence-corrected chi connectivity index (χ0v) is 15.2. The number of benzene rings is 2. The van der Waals surface area contributed by atoms with E-state index in [4.69, 9.17) is 21.1 Å². The summed E-state index contributed by atoms with van der Waals surface area (Å²) in [6.45, 7) is 3.26. The molecular formula is C19H23ClN2O3. The standard InChI is InChI=1S/C19H23ClN2O3/c1-14-13-16(7-8-17(14)20)25-12-11-22-19(23)21-10-9-15-5-3-4-6-18(15)24-2/h3-8,13H,9-12H2,1-2H3,(H2,21,22,23). The second kappa shape index (κ2) is 9.79. The summed E-state index contributed by atoms with van der Waals surface area (Å²) < 4.78 is 10.9. The van der Waals surface area contributed by atoms with Crippen molar-refractivity contribution in [3.63, 3.8) is 0 Å². The van der Waals surface area contributed by atoms with Crippen LogP contribution in [0.1, 0.15) is 11.1 Å². The minimum absolute atomic E-state index is 0.217. The number of hydrogen-bond donors (Lipinski definition) is 2. The highest BCUT2D eigenvalue weighted by Gasteiger charge is 2.04. The van der Waals surface area contributed by atoms with Gasteiger partial charge in [0.1, 0.15) is 18.1 Å².